The van der Waals surface area contributed by atoms with Crippen molar-refractivity contribution < 1.29 is 4.39 Å². The van der Waals surface area contributed by atoms with Gasteiger partial charge in [0.2, 0.25) is 0 Å². The number of halogens is 1. The van der Waals surface area contributed by atoms with Crippen molar-refractivity contribution in [3.63, 3.8) is 0 Å². The smallest absolute Gasteiger partial charge is 0.123 e. The van der Waals surface area contributed by atoms with E-state index in [1.54, 1.807) is 12.1 Å². The fourth-order valence-corrected chi connectivity index (χ4v) is 2.01. The standard InChI is InChI=1S/C12H16FN/c13-11-7-5-10(6-8-11)12-4-2-1-3-9-14-12/h5-8,12,14H,1-4,9H2/t12-/m1/s1. The van der Waals surface area contributed by atoms with Gasteiger partial charge in [0, 0.05) is 6.04 Å². The summed E-state index contributed by atoms with van der Waals surface area (Å²) in [6, 6.07) is 7.29. The molecule has 1 saturated heterocycles. The van der Waals surface area contributed by atoms with E-state index >= 15 is 0 Å². The average Bonchev–Trinajstić information content (AvgIpc) is 2.47. The highest BCUT2D eigenvalue weighted by Crippen LogP contribution is 2.22. The second-order valence-corrected chi connectivity index (χ2v) is 3.91. The van der Waals surface area contributed by atoms with Gasteiger partial charge in [-0.1, -0.05) is 25.0 Å². The zero-order valence-corrected chi connectivity index (χ0v) is 8.30. The maximum Gasteiger partial charge on any atom is 0.123 e. The Morgan fingerprint density at radius 2 is 1.86 bits per heavy atom. The molecule has 1 atom stereocenters. The van der Waals surface area contributed by atoms with Crippen molar-refractivity contribution in [2.45, 2.75) is 31.7 Å². The summed E-state index contributed by atoms with van der Waals surface area (Å²) in [5.74, 6) is -0.151. The molecule has 1 nitrogen and oxygen atoms in total. The van der Waals surface area contributed by atoms with Gasteiger partial charge in [-0.3, -0.25) is 0 Å². The molecule has 76 valence electrons. The monoisotopic (exact) mass is 193 g/mol. The zero-order valence-electron chi connectivity index (χ0n) is 8.30. The number of benzene rings is 1. The fraction of sp³-hybridized carbons (Fsp3) is 0.500. The maximum atomic E-state index is 12.7. The highest BCUT2D eigenvalue weighted by molar-refractivity contribution is 5.20. The van der Waals surface area contributed by atoms with Crippen molar-refractivity contribution in [3.05, 3.63) is 35.6 Å². The molecule has 1 aromatic rings. The molecule has 2 rings (SSSR count). The highest BCUT2D eigenvalue weighted by atomic mass is 19.1. The van der Waals surface area contributed by atoms with Crippen LogP contribution < -0.4 is 5.32 Å². The molecule has 0 radical (unpaired) electrons. The molecule has 2 heteroatoms. The summed E-state index contributed by atoms with van der Waals surface area (Å²) >= 11 is 0. The number of nitrogens with one attached hydrogen (secondary N) is 1. The Bertz CT molecular complexity index is 273. The number of rotatable bonds is 1. The van der Waals surface area contributed by atoms with Crippen LogP contribution in [-0.4, -0.2) is 6.54 Å². The van der Waals surface area contributed by atoms with Gasteiger partial charge in [-0.25, -0.2) is 4.39 Å². The van der Waals surface area contributed by atoms with E-state index in [1.807, 2.05) is 12.1 Å². The summed E-state index contributed by atoms with van der Waals surface area (Å²) in [6.07, 6.45) is 5.02. The number of hydrogen-bond acceptors (Lipinski definition) is 1. The Morgan fingerprint density at radius 3 is 2.64 bits per heavy atom. The van der Waals surface area contributed by atoms with Crippen molar-refractivity contribution in [2.75, 3.05) is 6.54 Å². The lowest BCUT2D eigenvalue weighted by Crippen LogP contribution is -2.20. The Labute approximate surface area is 84.3 Å². The summed E-state index contributed by atoms with van der Waals surface area (Å²) in [5.41, 5.74) is 1.22. The van der Waals surface area contributed by atoms with Crippen LogP contribution in [0.15, 0.2) is 24.3 Å². The van der Waals surface area contributed by atoms with Crippen molar-refractivity contribution >= 4 is 0 Å². The predicted molar refractivity (Wildman–Crippen MR) is 55.6 cm³/mol. The quantitative estimate of drug-likeness (QED) is 0.723. The first-order valence-corrected chi connectivity index (χ1v) is 5.35. The molecule has 1 aliphatic rings. The van der Waals surface area contributed by atoms with Gasteiger partial charge in [0.1, 0.15) is 5.82 Å². The van der Waals surface area contributed by atoms with Crippen molar-refractivity contribution in [2.24, 2.45) is 0 Å². The summed E-state index contributed by atoms with van der Waals surface area (Å²) < 4.78 is 12.7. The molecule has 1 aliphatic heterocycles. The molecule has 14 heavy (non-hydrogen) atoms. The van der Waals surface area contributed by atoms with E-state index in [0.717, 1.165) is 6.54 Å². The molecule has 1 fully saturated rings. The van der Waals surface area contributed by atoms with Crippen LogP contribution in [0.25, 0.3) is 0 Å². The van der Waals surface area contributed by atoms with E-state index in [1.165, 1.54) is 31.2 Å². The van der Waals surface area contributed by atoms with Gasteiger partial charge in [0.15, 0.2) is 0 Å². The first-order chi connectivity index (χ1) is 6.86. The van der Waals surface area contributed by atoms with E-state index in [2.05, 4.69) is 5.32 Å². The van der Waals surface area contributed by atoms with Crippen LogP contribution in [0.2, 0.25) is 0 Å². The topological polar surface area (TPSA) is 12.0 Å². The molecule has 0 aliphatic carbocycles. The zero-order chi connectivity index (χ0) is 9.80. The van der Waals surface area contributed by atoms with E-state index < -0.39 is 0 Å². The third kappa shape index (κ3) is 2.32. The Kier molecular flexibility index (Phi) is 3.14. The third-order valence-electron chi connectivity index (χ3n) is 2.83. The Balaban J connectivity index is 2.08. The van der Waals surface area contributed by atoms with Crippen molar-refractivity contribution in [1.29, 1.82) is 0 Å². The van der Waals surface area contributed by atoms with Gasteiger partial charge >= 0.3 is 0 Å². The second-order valence-electron chi connectivity index (χ2n) is 3.91. The molecule has 0 aromatic heterocycles. The first-order valence-electron chi connectivity index (χ1n) is 5.35. The van der Waals surface area contributed by atoms with Crippen LogP contribution in [-0.2, 0) is 0 Å². The molecule has 0 unspecified atom stereocenters. The van der Waals surface area contributed by atoms with Gasteiger partial charge in [0.05, 0.1) is 0 Å². The number of hydrogen-bond donors (Lipinski definition) is 1. The lowest BCUT2D eigenvalue weighted by atomic mass is 10.0. The van der Waals surface area contributed by atoms with Crippen molar-refractivity contribution in [3.8, 4) is 0 Å². The molecule has 0 amide bonds. The Hall–Kier alpha value is -0.890. The van der Waals surface area contributed by atoms with E-state index in [0.29, 0.717) is 6.04 Å². The molecular weight excluding hydrogens is 177 g/mol. The summed E-state index contributed by atoms with van der Waals surface area (Å²) in [5, 5.41) is 3.49. The largest absolute Gasteiger partial charge is 0.310 e. The third-order valence-corrected chi connectivity index (χ3v) is 2.83. The van der Waals surface area contributed by atoms with Gasteiger partial charge in [-0.2, -0.15) is 0 Å². The van der Waals surface area contributed by atoms with Gasteiger partial charge in [-0.05, 0) is 37.1 Å². The maximum absolute atomic E-state index is 12.7. The Morgan fingerprint density at radius 1 is 1.07 bits per heavy atom. The fourth-order valence-electron chi connectivity index (χ4n) is 2.01. The minimum absolute atomic E-state index is 0.151. The van der Waals surface area contributed by atoms with Crippen LogP contribution in [0, 0.1) is 5.82 Å². The van der Waals surface area contributed by atoms with Crippen LogP contribution in [0.4, 0.5) is 4.39 Å². The van der Waals surface area contributed by atoms with Gasteiger partial charge in [-0.15, -0.1) is 0 Å². The van der Waals surface area contributed by atoms with E-state index in [9.17, 15) is 4.39 Å². The molecule has 1 N–H and O–H groups in total. The van der Waals surface area contributed by atoms with Crippen LogP contribution >= 0.6 is 0 Å². The molecule has 0 saturated carbocycles. The van der Waals surface area contributed by atoms with Crippen LogP contribution in [0.5, 0.6) is 0 Å². The van der Waals surface area contributed by atoms with Crippen LogP contribution in [0.1, 0.15) is 37.3 Å². The highest BCUT2D eigenvalue weighted by Gasteiger charge is 2.12. The van der Waals surface area contributed by atoms with E-state index in [4.69, 9.17) is 0 Å². The second kappa shape index (κ2) is 4.56. The summed E-state index contributed by atoms with van der Waals surface area (Å²) in [4.78, 5) is 0. The normalized spacial score (nSPS) is 23.1. The minimum atomic E-state index is -0.151. The summed E-state index contributed by atoms with van der Waals surface area (Å²) in [6.45, 7) is 1.09. The molecule has 1 heterocycles. The minimum Gasteiger partial charge on any atom is -0.310 e. The predicted octanol–water partition coefficient (Wildman–Crippen LogP) is 3.03. The first kappa shape index (κ1) is 9.66. The molecule has 0 spiro atoms. The lowest BCUT2D eigenvalue weighted by molar-refractivity contribution is 0.533. The van der Waals surface area contributed by atoms with Crippen molar-refractivity contribution in [1.82, 2.24) is 5.32 Å². The molecular formula is C12H16FN. The van der Waals surface area contributed by atoms with Gasteiger partial charge < -0.3 is 5.32 Å². The SMILES string of the molecule is Fc1ccc([C@H]2CCCCCN2)cc1. The lowest BCUT2D eigenvalue weighted by Gasteiger charge is -2.15. The molecule has 1 aromatic carbocycles. The van der Waals surface area contributed by atoms with Gasteiger partial charge in [0.25, 0.3) is 0 Å². The van der Waals surface area contributed by atoms with Crippen LogP contribution in [0.3, 0.4) is 0 Å². The molecule has 0 bridgehead atoms. The summed E-state index contributed by atoms with van der Waals surface area (Å²) in [7, 11) is 0. The van der Waals surface area contributed by atoms with E-state index in [-0.39, 0.29) is 5.82 Å². The average molecular weight is 193 g/mol.